The van der Waals surface area contributed by atoms with Gasteiger partial charge in [0.25, 0.3) is 0 Å². The summed E-state index contributed by atoms with van der Waals surface area (Å²) in [5.41, 5.74) is 3.16. The molecule has 2 heterocycles. The van der Waals surface area contributed by atoms with Crippen LogP contribution in [0.5, 0.6) is 0 Å². The number of carbonyl (C=O) groups excluding carboxylic acids is 1. The molecule has 0 saturated heterocycles. The molecule has 0 atom stereocenters. The molecule has 0 fully saturated rings. The minimum absolute atomic E-state index is 0.00742. The van der Waals surface area contributed by atoms with Gasteiger partial charge in [-0.15, -0.1) is 0 Å². The third kappa shape index (κ3) is 1.97. The third-order valence-corrected chi connectivity index (χ3v) is 3.16. The Morgan fingerprint density at radius 1 is 1.32 bits per heavy atom. The van der Waals surface area contributed by atoms with Gasteiger partial charge in [0.15, 0.2) is 0 Å². The molecular weight excluding hydrogens is 246 g/mol. The first-order valence-corrected chi connectivity index (χ1v) is 5.85. The summed E-state index contributed by atoms with van der Waals surface area (Å²) in [6, 6.07) is 5.44. The van der Waals surface area contributed by atoms with Gasteiger partial charge in [0, 0.05) is 17.7 Å². The van der Waals surface area contributed by atoms with Crippen LogP contribution >= 0.6 is 0 Å². The first kappa shape index (κ1) is 11.5. The number of anilines is 1. The first-order valence-electron chi connectivity index (χ1n) is 5.85. The summed E-state index contributed by atoms with van der Waals surface area (Å²) < 4.78 is 0. The topological polar surface area (TPSA) is 95.1 Å². The van der Waals surface area contributed by atoms with Crippen molar-refractivity contribution in [3.8, 4) is 11.3 Å². The van der Waals surface area contributed by atoms with E-state index in [2.05, 4.69) is 15.5 Å². The molecule has 96 valence electrons. The van der Waals surface area contributed by atoms with Gasteiger partial charge >= 0.3 is 5.97 Å². The van der Waals surface area contributed by atoms with Gasteiger partial charge in [-0.2, -0.15) is 5.10 Å². The Labute approximate surface area is 108 Å². The number of nitrogens with one attached hydrogen (secondary N) is 2. The maximum absolute atomic E-state index is 11.3. The van der Waals surface area contributed by atoms with Gasteiger partial charge in [-0.25, -0.2) is 4.79 Å². The quantitative estimate of drug-likeness (QED) is 0.762. The van der Waals surface area contributed by atoms with E-state index >= 15 is 0 Å². The molecule has 1 aromatic carbocycles. The number of nitrogens with zero attached hydrogens (tertiary/aromatic N) is 1. The number of aromatic nitrogens is 2. The number of hydrogen-bond donors (Lipinski definition) is 3. The molecule has 0 spiro atoms. The van der Waals surface area contributed by atoms with Crippen LogP contribution in [0.15, 0.2) is 24.4 Å². The average Bonchev–Trinajstić information content (AvgIpc) is 2.87. The lowest BCUT2D eigenvalue weighted by atomic mass is 9.98. The van der Waals surface area contributed by atoms with E-state index in [0.717, 1.165) is 16.8 Å². The fraction of sp³-hybridized carbons (Fsp3) is 0.154. The van der Waals surface area contributed by atoms with E-state index in [9.17, 15) is 9.59 Å². The molecule has 0 radical (unpaired) electrons. The van der Waals surface area contributed by atoms with E-state index in [1.54, 1.807) is 12.1 Å². The van der Waals surface area contributed by atoms with Crippen molar-refractivity contribution in [1.82, 2.24) is 10.2 Å². The van der Waals surface area contributed by atoms with Crippen molar-refractivity contribution < 1.29 is 14.7 Å². The van der Waals surface area contributed by atoms with Crippen molar-refractivity contribution in [3.63, 3.8) is 0 Å². The van der Waals surface area contributed by atoms with Crippen molar-refractivity contribution in [2.24, 2.45) is 0 Å². The summed E-state index contributed by atoms with van der Waals surface area (Å²) in [6.07, 6.45) is 2.40. The van der Waals surface area contributed by atoms with Crippen LogP contribution in [0.2, 0.25) is 0 Å². The van der Waals surface area contributed by atoms with Crippen LogP contribution in [0.25, 0.3) is 11.3 Å². The van der Waals surface area contributed by atoms with Crippen LogP contribution in [0.1, 0.15) is 22.3 Å². The first-order chi connectivity index (χ1) is 9.15. The van der Waals surface area contributed by atoms with Gasteiger partial charge < -0.3 is 10.4 Å². The summed E-state index contributed by atoms with van der Waals surface area (Å²) in [4.78, 5) is 22.3. The molecule has 6 heteroatoms. The second kappa shape index (κ2) is 4.24. The maximum Gasteiger partial charge on any atom is 0.339 e. The number of fused-ring (bicyclic) bond motifs is 1. The Kier molecular flexibility index (Phi) is 2.56. The highest BCUT2D eigenvalue weighted by Gasteiger charge is 2.18. The molecule has 1 amide bonds. The number of hydrogen-bond acceptors (Lipinski definition) is 3. The number of aryl methyl sites for hydroxylation is 1. The number of carboxylic acids is 1. The number of rotatable bonds is 2. The van der Waals surface area contributed by atoms with E-state index in [-0.39, 0.29) is 11.5 Å². The molecule has 1 aromatic heterocycles. The van der Waals surface area contributed by atoms with Gasteiger partial charge in [-0.1, -0.05) is 6.07 Å². The number of aromatic carboxylic acids is 1. The fourth-order valence-corrected chi connectivity index (χ4v) is 2.21. The number of carbonyl (C=O) groups is 2. The lowest BCUT2D eigenvalue weighted by Gasteiger charge is -2.17. The molecule has 0 aliphatic carbocycles. The van der Waals surface area contributed by atoms with Gasteiger partial charge in [0.2, 0.25) is 5.91 Å². The summed E-state index contributed by atoms with van der Waals surface area (Å²) in [5, 5.41) is 18.3. The highest BCUT2D eigenvalue weighted by molar-refractivity contribution is 5.96. The van der Waals surface area contributed by atoms with E-state index in [4.69, 9.17) is 5.11 Å². The van der Waals surface area contributed by atoms with Gasteiger partial charge in [-0.05, 0) is 24.1 Å². The van der Waals surface area contributed by atoms with Crippen LogP contribution in [0, 0.1) is 0 Å². The van der Waals surface area contributed by atoms with Crippen LogP contribution < -0.4 is 5.32 Å². The van der Waals surface area contributed by atoms with Gasteiger partial charge in [0.05, 0.1) is 11.9 Å². The molecule has 3 N–H and O–H groups in total. The normalized spacial score (nSPS) is 13.8. The smallest absolute Gasteiger partial charge is 0.339 e. The number of amides is 1. The zero-order valence-corrected chi connectivity index (χ0v) is 9.93. The number of H-pyrrole nitrogens is 1. The Balaban J connectivity index is 2.05. The molecule has 3 rings (SSSR count). The molecule has 19 heavy (non-hydrogen) atoms. The van der Waals surface area contributed by atoms with Gasteiger partial charge in [-0.3, -0.25) is 9.89 Å². The Morgan fingerprint density at radius 2 is 2.16 bits per heavy atom. The van der Waals surface area contributed by atoms with Crippen molar-refractivity contribution >= 4 is 17.6 Å². The van der Waals surface area contributed by atoms with E-state index < -0.39 is 5.97 Å². The Morgan fingerprint density at radius 3 is 2.95 bits per heavy atom. The lowest BCUT2D eigenvalue weighted by Crippen LogP contribution is -2.18. The fourth-order valence-electron chi connectivity index (χ4n) is 2.21. The number of carboxylic acid groups (broad SMARTS) is 1. The SMILES string of the molecule is O=C1CCc2cc(-c3[nH]ncc3C(=O)O)ccc2N1. The predicted octanol–water partition coefficient (Wildman–Crippen LogP) is 1.66. The summed E-state index contributed by atoms with van der Waals surface area (Å²) >= 11 is 0. The Hall–Kier alpha value is -2.63. The van der Waals surface area contributed by atoms with Crippen molar-refractivity contribution in [3.05, 3.63) is 35.5 Å². The van der Waals surface area contributed by atoms with E-state index in [0.29, 0.717) is 18.5 Å². The third-order valence-electron chi connectivity index (χ3n) is 3.16. The summed E-state index contributed by atoms with van der Waals surface area (Å²) in [7, 11) is 0. The van der Waals surface area contributed by atoms with Crippen LogP contribution in [-0.4, -0.2) is 27.2 Å². The van der Waals surface area contributed by atoms with Crippen molar-refractivity contribution in [1.29, 1.82) is 0 Å². The minimum Gasteiger partial charge on any atom is -0.478 e. The molecule has 0 unspecified atom stereocenters. The van der Waals surface area contributed by atoms with E-state index in [1.807, 2.05) is 6.07 Å². The minimum atomic E-state index is -1.02. The second-order valence-corrected chi connectivity index (χ2v) is 4.38. The zero-order chi connectivity index (χ0) is 13.4. The van der Waals surface area contributed by atoms with Crippen LogP contribution in [-0.2, 0) is 11.2 Å². The standard InChI is InChI=1S/C13H11N3O3/c17-11-4-2-7-5-8(1-3-10(7)15-11)12-9(13(18)19)6-14-16-12/h1,3,5-6H,2,4H2,(H,14,16)(H,15,17)(H,18,19). The van der Waals surface area contributed by atoms with E-state index in [1.165, 1.54) is 6.20 Å². The monoisotopic (exact) mass is 257 g/mol. The highest BCUT2D eigenvalue weighted by Crippen LogP contribution is 2.29. The van der Waals surface area contributed by atoms with Crippen molar-refractivity contribution in [2.45, 2.75) is 12.8 Å². The molecule has 0 bridgehead atoms. The van der Waals surface area contributed by atoms with Crippen LogP contribution in [0.4, 0.5) is 5.69 Å². The molecule has 0 saturated carbocycles. The molecule has 1 aliphatic heterocycles. The lowest BCUT2D eigenvalue weighted by molar-refractivity contribution is -0.116. The molecule has 2 aromatic rings. The molecule has 1 aliphatic rings. The van der Waals surface area contributed by atoms with Crippen LogP contribution in [0.3, 0.4) is 0 Å². The highest BCUT2D eigenvalue weighted by atomic mass is 16.4. The molecular formula is C13H11N3O3. The Bertz CT molecular complexity index is 676. The largest absolute Gasteiger partial charge is 0.478 e. The van der Waals surface area contributed by atoms with Gasteiger partial charge in [0.1, 0.15) is 5.56 Å². The number of benzene rings is 1. The predicted molar refractivity (Wildman–Crippen MR) is 67.9 cm³/mol. The zero-order valence-electron chi connectivity index (χ0n) is 9.93. The average molecular weight is 257 g/mol. The summed E-state index contributed by atoms with van der Waals surface area (Å²) in [6.45, 7) is 0. The molecule has 6 nitrogen and oxygen atoms in total. The second-order valence-electron chi connectivity index (χ2n) is 4.38. The van der Waals surface area contributed by atoms with Crippen molar-refractivity contribution in [2.75, 3.05) is 5.32 Å². The number of aromatic amines is 1. The maximum atomic E-state index is 11.3. The summed E-state index contributed by atoms with van der Waals surface area (Å²) in [5.74, 6) is -1.01.